The van der Waals surface area contributed by atoms with Gasteiger partial charge in [0.2, 0.25) is 0 Å². The van der Waals surface area contributed by atoms with Gasteiger partial charge in [-0.3, -0.25) is 0 Å². The Balaban J connectivity index is 3.07. The summed E-state index contributed by atoms with van der Waals surface area (Å²) in [6, 6.07) is 6.30. The number of hydrogen-bond donors (Lipinski definition) is 1. The van der Waals surface area contributed by atoms with E-state index < -0.39 is 11.6 Å². The lowest BCUT2D eigenvalue weighted by Crippen LogP contribution is -2.25. The third-order valence-electron chi connectivity index (χ3n) is 2.05. The molecule has 17 heavy (non-hydrogen) atoms. The summed E-state index contributed by atoms with van der Waals surface area (Å²) in [5, 5.41) is 17.7. The maximum atomic E-state index is 10.9. The van der Waals surface area contributed by atoms with Crippen LogP contribution in [0.5, 0.6) is 11.5 Å². The lowest BCUT2D eigenvalue weighted by molar-refractivity contribution is 0.0693. The Morgan fingerprint density at radius 2 is 2.12 bits per heavy atom. The molecule has 5 heteroatoms. The summed E-state index contributed by atoms with van der Waals surface area (Å²) in [4.78, 5) is 10.9. The van der Waals surface area contributed by atoms with Gasteiger partial charge in [0, 0.05) is 6.07 Å². The fourth-order valence-corrected chi connectivity index (χ4v) is 1.23. The number of carboxylic acids is 1. The quantitative estimate of drug-likeness (QED) is 0.864. The van der Waals surface area contributed by atoms with Gasteiger partial charge in [-0.15, -0.1) is 0 Å². The first-order chi connectivity index (χ1) is 7.89. The van der Waals surface area contributed by atoms with Crippen LogP contribution in [0.25, 0.3) is 0 Å². The van der Waals surface area contributed by atoms with E-state index >= 15 is 0 Å². The lowest BCUT2D eigenvalue weighted by atomic mass is 10.1. The molecule has 0 aliphatic rings. The van der Waals surface area contributed by atoms with Crippen LogP contribution in [0.2, 0.25) is 0 Å². The van der Waals surface area contributed by atoms with Crippen LogP contribution < -0.4 is 9.47 Å². The van der Waals surface area contributed by atoms with Crippen molar-refractivity contribution >= 4 is 5.97 Å². The van der Waals surface area contributed by atoms with Crippen LogP contribution in [-0.2, 0) is 0 Å². The molecule has 0 amide bonds. The minimum Gasteiger partial charge on any atom is -0.496 e. The second-order valence-electron chi connectivity index (χ2n) is 3.89. The zero-order valence-electron chi connectivity index (χ0n) is 9.85. The first-order valence-corrected chi connectivity index (χ1v) is 4.91. The van der Waals surface area contributed by atoms with Crippen molar-refractivity contribution in [2.45, 2.75) is 19.4 Å². The molecule has 5 nitrogen and oxygen atoms in total. The maximum Gasteiger partial charge on any atom is 0.339 e. The molecule has 0 saturated heterocycles. The molecule has 1 rings (SSSR count). The maximum absolute atomic E-state index is 10.9. The van der Waals surface area contributed by atoms with E-state index in [1.54, 1.807) is 13.8 Å². The highest BCUT2D eigenvalue weighted by Crippen LogP contribution is 2.27. The Bertz CT molecular complexity index is 474. The van der Waals surface area contributed by atoms with E-state index in [9.17, 15) is 4.79 Å². The molecule has 90 valence electrons. The zero-order chi connectivity index (χ0) is 13.1. The number of aromatic carboxylic acids is 1. The second kappa shape index (κ2) is 4.74. The predicted octanol–water partition coefficient (Wildman–Crippen LogP) is 2.07. The molecule has 1 N–H and O–H groups in total. The molecule has 0 radical (unpaired) electrons. The van der Waals surface area contributed by atoms with Gasteiger partial charge in [0.1, 0.15) is 23.1 Å². The van der Waals surface area contributed by atoms with Crippen molar-refractivity contribution in [3.05, 3.63) is 23.8 Å². The van der Waals surface area contributed by atoms with Crippen molar-refractivity contribution in [1.82, 2.24) is 0 Å². The van der Waals surface area contributed by atoms with Gasteiger partial charge in [0.05, 0.1) is 7.11 Å². The number of ether oxygens (including phenoxy) is 2. The van der Waals surface area contributed by atoms with Gasteiger partial charge in [0.15, 0.2) is 5.60 Å². The normalized spacial score (nSPS) is 10.5. The molecule has 0 aliphatic heterocycles. The molecule has 0 bridgehead atoms. The number of nitriles is 1. The third-order valence-corrected chi connectivity index (χ3v) is 2.05. The number of carbonyl (C=O) groups is 1. The number of methoxy groups -OCH3 is 1. The highest BCUT2D eigenvalue weighted by Gasteiger charge is 2.20. The van der Waals surface area contributed by atoms with Crippen molar-refractivity contribution in [3.8, 4) is 17.6 Å². The zero-order valence-corrected chi connectivity index (χ0v) is 9.85. The van der Waals surface area contributed by atoms with Gasteiger partial charge in [-0.25, -0.2) is 4.79 Å². The standard InChI is InChI=1S/C12H13NO4/c1-12(2,7-13)17-8-4-5-9(11(14)15)10(6-8)16-3/h4-6H,1-3H3,(H,14,15). The molecule has 0 aliphatic carbocycles. The Morgan fingerprint density at radius 3 is 2.59 bits per heavy atom. The van der Waals surface area contributed by atoms with Crippen LogP contribution in [-0.4, -0.2) is 23.8 Å². The molecule has 0 saturated carbocycles. The Morgan fingerprint density at radius 1 is 1.47 bits per heavy atom. The van der Waals surface area contributed by atoms with Crippen molar-refractivity contribution in [2.75, 3.05) is 7.11 Å². The monoisotopic (exact) mass is 235 g/mol. The van der Waals surface area contributed by atoms with E-state index in [2.05, 4.69) is 0 Å². The summed E-state index contributed by atoms with van der Waals surface area (Å²) in [5.41, 5.74) is -0.926. The Kier molecular flexibility index (Phi) is 3.59. The molecular weight excluding hydrogens is 222 g/mol. The summed E-state index contributed by atoms with van der Waals surface area (Å²) >= 11 is 0. The fourth-order valence-electron chi connectivity index (χ4n) is 1.23. The molecular formula is C12H13NO4. The van der Waals surface area contributed by atoms with Crippen LogP contribution in [0.3, 0.4) is 0 Å². The highest BCUT2D eigenvalue weighted by molar-refractivity contribution is 5.91. The minimum atomic E-state index is -1.08. The second-order valence-corrected chi connectivity index (χ2v) is 3.89. The average molecular weight is 235 g/mol. The van der Waals surface area contributed by atoms with Crippen molar-refractivity contribution in [3.63, 3.8) is 0 Å². The van der Waals surface area contributed by atoms with Crippen molar-refractivity contribution in [1.29, 1.82) is 5.26 Å². The van der Waals surface area contributed by atoms with E-state index in [1.807, 2.05) is 6.07 Å². The molecule has 1 aromatic carbocycles. The van der Waals surface area contributed by atoms with Crippen LogP contribution in [0.4, 0.5) is 0 Å². The summed E-state index contributed by atoms with van der Waals surface area (Å²) in [7, 11) is 1.38. The van der Waals surface area contributed by atoms with E-state index in [0.29, 0.717) is 5.75 Å². The topological polar surface area (TPSA) is 79.5 Å². The number of hydrogen-bond acceptors (Lipinski definition) is 4. The number of benzene rings is 1. The molecule has 0 atom stereocenters. The van der Waals surface area contributed by atoms with E-state index in [4.69, 9.17) is 19.8 Å². The Hall–Kier alpha value is -2.22. The predicted molar refractivity (Wildman–Crippen MR) is 60.3 cm³/mol. The first kappa shape index (κ1) is 12.8. The van der Waals surface area contributed by atoms with Crippen LogP contribution in [0.1, 0.15) is 24.2 Å². The fraction of sp³-hybridized carbons (Fsp3) is 0.333. The van der Waals surface area contributed by atoms with Gasteiger partial charge in [-0.1, -0.05) is 0 Å². The van der Waals surface area contributed by atoms with Crippen LogP contribution in [0.15, 0.2) is 18.2 Å². The largest absolute Gasteiger partial charge is 0.496 e. The van der Waals surface area contributed by atoms with Crippen LogP contribution in [0, 0.1) is 11.3 Å². The first-order valence-electron chi connectivity index (χ1n) is 4.91. The number of carboxylic acid groups (broad SMARTS) is 1. The van der Waals surface area contributed by atoms with E-state index in [1.165, 1.54) is 25.3 Å². The van der Waals surface area contributed by atoms with Crippen LogP contribution >= 0.6 is 0 Å². The summed E-state index contributed by atoms with van der Waals surface area (Å²) in [6.07, 6.45) is 0. The van der Waals surface area contributed by atoms with Gasteiger partial charge in [-0.2, -0.15) is 5.26 Å². The Labute approximate surface area is 99.2 Å². The van der Waals surface area contributed by atoms with Gasteiger partial charge in [-0.05, 0) is 26.0 Å². The molecule has 0 unspecified atom stereocenters. The molecule has 0 aromatic heterocycles. The van der Waals surface area contributed by atoms with E-state index in [-0.39, 0.29) is 11.3 Å². The number of nitrogens with zero attached hydrogens (tertiary/aromatic N) is 1. The van der Waals surface area contributed by atoms with Crippen molar-refractivity contribution < 1.29 is 19.4 Å². The van der Waals surface area contributed by atoms with Gasteiger partial charge >= 0.3 is 5.97 Å². The lowest BCUT2D eigenvalue weighted by Gasteiger charge is -2.18. The van der Waals surface area contributed by atoms with Gasteiger partial charge in [0.25, 0.3) is 0 Å². The highest BCUT2D eigenvalue weighted by atomic mass is 16.5. The SMILES string of the molecule is COc1cc(OC(C)(C)C#N)ccc1C(=O)O. The number of rotatable bonds is 4. The van der Waals surface area contributed by atoms with E-state index in [0.717, 1.165) is 0 Å². The molecule has 0 fully saturated rings. The van der Waals surface area contributed by atoms with Crippen molar-refractivity contribution in [2.24, 2.45) is 0 Å². The molecule has 0 spiro atoms. The van der Waals surface area contributed by atoms with Gasteiger partial charge < -0.3 is 14.6 Å². The molecule has 1 aromatic rings. The molecule has 0 heterocycles. The third kappa shape index (κ3) is 3.11. The summed E-state index contributed by atoms with van der Waals surface area (Å²) in [6.45, 7) is 3.23. The minimum absolute atomic E-state index is 0.0506. The summed E-state index contributed by atoms with van der Waals surface area (Å²) in [5.74, 6) is -0.491. The summed E-state index contributed by atoms with van der Waals surface area (Å²) < 4.78 is 10.3. The smallest absolute Gasteiger partial charge is 0.339 e. The average Bonchev–Trinajstić information content (AvgIpc) is 2.28.